The Morgan fingerprint density at radius 1 is 1.64 bits per heavy atom. The molecule has 0 saturated heterocycles. The third-order valence-corrected chi connectivity index (χ3v) is 3.65. The summed E-state index contributed by atoms with van der Waals surface area (Å²) in [6.07, 6.45) is 0.795. The van der Waals surface area contributed by atoms with Gasteiger partial charge in [-0.3, -0.25) is 0 Å². The van der Waals surface area contributed by atoms with Gasteiger partial charge in [0.2, 0.25) is 0 Å². The number of aliphatic hydroxyl groups is 1. The van der Waals surface area contributed by atoms with Crippen molar-refractivity contribution in [1.82, 2.24) is 5.32 Å². The van der Waals surface area contributed by atoms with Gasteiger partial charge in [0.25, 0.3) is 0 Å². The minimum Gasteiger partial charge on any atom is -0.486 e. The van der Waals surface area contributed by atoms with E-state index < -0.39 is 0 Å². The van der Waals surface area contributed by atoms with Gasteiger partial charge in [-0.25, -0.2) is 0 Å². The van der Waals surface area contributed by atoms with Crippen molar-refractivity contribution in [3.05, 3.63) is 15.4 Å². The van der Waals surface area contributed by atoms with Crippen LogP contribution in [0.5, 0.6) is 5.06 Å². The van der Waals surface area contributed by atoms with E-state index in [0.717, 1.165) is 29.0 Å². The van der Waals surface area contributed by atoms with Crippen LogP contribution >= 0.6 is 27.3 Å². The number of aliphatic hydroxyl groups excluding tert-OH is 1. The van der Waals surface area contributed by atoms with Gasteiger partial charge < -0.3 is 15.2 Å². The van der Waals surface area contributed by atoms with Gasteiger partial charge in [0.1, 0.15) is 0 Å². The summed E-state index contributed by atoms with van der Waals surface area (Å²) in [5.74, 6) is 0. The average Bonchev–Trinajstić information content (AvgIpc) is 2.54. The zero-order valence-electron chi connectivity index (χ0n) is 8.05. The van der Waals surface area contributed by atoms with E-state index in [1.807, 2.05) is 0 Å². The fourth-order valence-corrected chi connectivity index (χ4v) is 2.70. The molecule has 3 nitrogen and oxygen atoms in total. The number of ether oxygens (including phenoxy) is 1. The second-order valence-corrected chi connectivity index (χ2v) is 4.76. The van der Waals surface area contributed by atoms with Gasteiger partial charge in [-0.05, 0) is 35.0 Å². The molecule has 80 valence electrons. The molecule has 2 N–H and O–H groups in total. The fourth-order valence-electron chi connectivity index (χ4n) is 1.04. The Bertz CT molecular complexity index is 278. The molecule has 0 unspecified atom stereocenters. The Hall–Kier alpha value is -0.100. The lowest BCUT2D eigenvalue weighted by Gasteiger charge is -1.99. The zero-order valence-corrected chi connectivity index (χ0v) is 10.4. The topological polar surface area (TPSA) is 41.5 Å². The van der Waals surface area contributed by atoms with Gasteiger partial charge in [-0.15, -0.1) is 11.3 Å². The summed E-state index contributed by atoms with van der Waals surface area (Å²) < 4.78 is 6.16. The van der Waals surface area contributed by atoms with E-state index in [4.69, 9.17) is 9.84 Å². The molecule has 0 aliphatic carbocycles. The quantitative estimate of drug-likeness (QED) is 0.783. The molecular weight excluding hydrogens is 266 g/mol. The van der Waals surface area contributed by atoms with Crippen molar-refractivity contribution in [2.45, 2.75) is 13.0 Å². The molecule has 1 rings (SSSR count). The molecule has 0 bridgehead atoms. The first kappa shape index (κ1) is 12.0. The van der Waals surface area contributed by atoms with E-state index in [1.54, 1.807) is 18.4 Å². The van der Waals surface area contributed by atoms with Crippen LogP contribution in [-0.4, -0.2) is 25.4 Å². The summed E-state index contributed by atoms with van der Waals surface area (Å²) in [6.45, 7) is 1.91. The largest absolute Gasteiger partial charge is 0.486 e. The third-order valence-electron chi connectivity index (χ3n) is 1.70. The average molecular weight is 280 g/mol. The van der Waals surface area contributed by atoms with Crippen molar-refractivity contribution in [1.29, 1.82) is 0 Å². The molecule has 1 aromatic rings. The van der Waals surface area contributed by atoms with E-state index in [2.05, 4.69) is 27.3 Å². The van der Waals surface area contributed by atoms with Crippen molar-refractivity contribution < 1.29 is 9.84 Å². The van der Waals surface area contributed by atoms with E-state index in [9.17, 15) is 0 Å². The van der Waals surface area contributed by atoms with Gasteiger partial charge in [-0.1, -0.05) is 0 Å². The summed E-state index contributed by atoms with van der Waals surface area (Å²) in [6, 6.07) is 2.05. The van der Waals surface area contributed by atoms with E-state index in [-0.39, 0.29) is 6.61 Å². The fraction of sp³-hybridized carbons (Fsp3) is 0.556. The molecule has 0 amide bonds. The summed E-state index contributed by atoms with van der Waals surface area (Å²) >= 11 is 5.04. The highest BCUT2D eigenvalue weighted by atomic mass is 79.9. The number of nitrogens with one attached hydrogen (secondary N) is 1. The van der Waals surface area contributed by atoms with Gasteiger partial charge in [0.15, 0.2) is 5.06 Å². The number of hydrogen-bond acceptors (Lipinski definition) is 4. The van der Waals surface area contributed by atoms with Gasteiger partial charge in [0, 0.05) is 18.0 Å². The predicted molar refractivity (Wildman–Crippen MR) is 62.0 cm³/mol. The lowest BCUT2D eigenvalue weighted by Crippen LogP contribution is -2.14. The highest BCUT2D eigenvalue weighted by molar-refractivity contribution is 9.10. The number of hydrogen-bond donors (Lipinski definition) is 2. The number of methoxy groups -OCH3 is 1. The first-order valence-corrected chi connectivity index (χ1v) is 6.02. The predicted octanol–water partition coefficient (Wildman–Crippen LogP) is 1.99. The summed E-state index contributed by atoms with van der Waals surface area (Å²) in [5.41, 5.74) is 0. The molecule has 0 fully saturated rings. The van der Waals surface area contributed by atoms with Crippen LogP contribution in [-0.2, 0) is 6.54 Å². The van der Waals surface area contributed by atoms with Crippen molar-refractivity contribution in [2.75, 3.05) is 20.3 Å². The molecule has 1 heterocycles. The van der Waals surface area contributed by atoms with Gasteiger partial charge in [-0.2, -0.15) is 0 Å². The van der Waals surface area contributed by atoms with Gasteiger partial charge >= 0.3 is 0 Å². The van der Waals surface area contributed by atoms with Crippen molar-refractivity contribution >= 4 is 27.3 Å². The summed E-state index contributed by atoms with van der Waals surface area (Å²) in [4.78, 5) is 1.23. The maximum absolute atomic E-state index is 8.58. The maximum Gasteiger partial charge on any atom is 0.188 e. The molecule has 0 aromatic carbocycles. The zero-order chi connectivity index (χ0) is 10.4. The van der Waals surface area contributed by atoms with Crippen molar-refractivity contribution in [3.63, 3.8) is 0 Å². The van der Waals surface area contributed by atoms with E-state index >= 15 is 0 Å². The second-order valence-electron chi connectivity index (χ2n) is 2.81. The van der Waals surface area contributed by atoms with Crippen LogP contribution in [0.2, 0.25) is 0 Å². The van der Waals surface area contributed by atoms with Gasteiger partial charge in [0.05, 0.1) is 11.6 Å². The second kappa shape index (κ2) is 6.40. The molecule has 1 aromatic heterocycles. The van der Waals surface area contributed by atoms with Crippen LogP contribution in [0.15, 0.2) is 10.5 Å². The first-order chi connectivity index (χ1) is 6.77. The lowest BCUT2D eigenvalue weighted by molar-refractivity contribution is 0.286. The minimum atomic E-state index is 0.241. The minimum absolute atomic E-state index is 0.241. The van der Waals surface area contributed by atoms with Crippen LogP contribution in [0, 0.1) is 0 Å². The third kappa shape index (κ3) is 3.57. The number of thiophene rings is 1. The van der Waals surface area contributed by atoms with Crippen molar-refractivity contribution in [3.8, 4) is 5.06 Å². The highest BCUT2D eigenvalue weighted by Crippen LogP contribution is 2.34. The Labute approximate surface area is 96.2 Å². The number of rotatable bonds is 6. The molecule has 0 radical (unpaired) electrons. The Morgan fingerprint density at radius 2 is 2.43 bits per heavy atom. The molecule has 0 aliphatic heterocycles. The molecule has 5 heteroatoms. The summed E-state index contributed by atoms with van der Waals surface area (Å²) in [7, 11) is 1.67. The molecule has 0 aliphatic rings. The van der Waals surface area contributed by atoms with Crippen LogP contribution in [0.25, 0.3) is 0 Å². The lowest BCUT2D eigenvalue weighted by atomic mass is 10.4. The number of halogens is 1. The van der Waals surface area contributed by atoms with E-state index in [0.29, 0.717) is 0 Å². The van der Waals surface area contributed by atoms with Crippen LogP contribution in [0.3, 0.4) is 0 Å². The normalized spacial score (nSPS) is 10.5. The monoisotopic (exact) mass is 279 g/mol. The Kier molecular flexibility index (Phi) is 5.47. The molecule has 0 saturated carbocycles. The van der Waals surface area contributed by atoms with Crippen LogP contribution in [0.4, 0.5) is 0 Å². The van der Waals surface area contributed by atoms with Crippen LogP contribution in [0.1, 0.15) is 11.3 Å². The van der Waals surface area contributed by atoms with E-state index in [1.165, 1.54) is 4.88 Å². The Morgan fingerprint density at radius 3 is 3.00 bits per heavy atom. The first-order valence-electron chi connectivity index (χ1n) is 4.41. The maximum atomic E-state index is 8.58. The molecular formula is C9H14BrNO2S. The summed E-state index contributed by atoms with van der Waals surface area (Å²) in [5, 5.41) is 12.7. The standard InChI is InChI=1S/C9H14BrNO2S/c1-13-9-8(10)5-7(14-9)6-11-3-2-4-12/h5,11-12H,2-4,6H2,1H3. The molecule has 0 spiro atoms. The molecule has 0 atom stereocenters. The SMILES string of the molecule is COc1sc(CNCCCO)cc1Br. The smallest absolute Gasteiger partial charge is 0.188 e. The highest BCUT2D eigenvalue weighted by Gasteiger charge is 2.05. The molecule has 14 heavy (non-hydrogen) atoms. The van der Waals surface area contributed by atoms with Crippen LogP contribution < -0.4 is 10.1 Å². The van der Waals surface area contributed by atoms with Crippen molar-refractivity contribution in [2.24, 2.45) is 0 Å². The Balaban J connectivity index is 2.35.